The Morgan fingerprint density at radius 1 is 0.376 bits per heavy atom. The first-order valence-corrected chi connectivity index (χ1v) is 43.0. The molecule has 93 heavy (non-hydrogen) atoms. The normalized spacial score (nSPS) is 13.7. The number of carbonyl (C=O) groups is 1. The van der Waals surface area contributed by atoms with Gasteiger partial charge in [-0.1, -0.05) is 422 Å². The van der Waals surface area contributed by atoms with Crippen LogP contribution in [0.4, 0.5) is 0 Å². The third-order valence-electron chi connectivity index (χ3n) is 19.3. The van der Waals surface area contributed by atoms with Crippen LogP contribution in [0.2, 0.25) is 0 Å². The number of aliphatic hydroxyl groups excluding tert-OH is 1. The van der Waals surface area contributed by atoms with E-state index in [1.807, 2.05) is 21.1 Å². The molecule has 3 unspecified atom stereocenters. The van der Waals surface area contributed by atoms with Gasteiger partial charge < -0.3 is 19.8 Å². The summed E-state index contributed by atoms with van der Waals surface area (Å²) < 4.78 is 24.0. The lowest BCUT2D eigenvalue weighted by molar-refractivity contribution is -0.870. The van der Waals surface area contributed by atoms with Gasteiger partial charge in [-0.25, -0.2) is 4.57 Å². The number of phosphoric ester groups is 1. The SMILES string of the molecule is CC/C=C\C/C=C\C/C=C\C/C=C\CCCCCCCCCCCCCCCCCCCCCCCCCCCCC(=O)NC(COP(=O)(O)OCC[N+](C)(C)C)C(O)CCCCCCCCCCCCCCCCCCCCCCCCCCCCCCCCCC. The number of quaternary nitrogens is 1. The minimum atomic E-state index is -4.33. The largest absolute Gasteiger partial charge is 0.472 e. The van der Waals surface area contributed by atoms with E-state index >= 15 is 0 Å². The van der Waals surface area contributed by atoms with Crippen molar-refractivity contribution in [1.82, 2.24) is 5.32 Å². The number of amides is 1. The Kier molecular flexibility index (Phi) is 73.4. The maximum absolute atomic E-state index is 13.1. The van der Waals surface area contributed by atoms with Crippen LogP contribution in [0, 0.1) is 0 Å². The van der Waals surface area contributed by atoms with Gasteiger partial charge in [-0.2, -0.15) is 0 Å². The number of hydrogen-bond acceptors (Lipinski definition) is 5. The van der Waals surface area contributed by atoms with E-state index < -0.39 is 20.0 Å². The van der Waals surface area contributed by atoms with Gasteiger partial charge in [-0.3, -0.25) is 13.8 Å². The monoisotopic (exact) mass is 1330 g/mol. The molecule has 0 spiro atoms. The van der Waals surface area contributed by atoms with Crippen LogP contribution in [0.15, 0.2) is 48.6 Å². The Labute approximate surface area is 581 Å². The third-order valence-corrected chi connectivity index (χ3v) is 20.3. The number of phosphoric acid groups is 1. The van der Waals surface area contributed by atoms with Crippen molar-refractivity contribution in [2.45, 2.75) is 443 Å². The van der Waals surface area contributed by atoms with Gasteiger partial charge in [0.2, 0.25) is 5.91 Å². The van der Waals surface area contributed by atoms with E-state index in [-0.39, 0.29) is 19.1 Å². The molecule has 0 saturated heterocycles. The predicted molar refractivity (Wildman–Crippen MR) is 411 cm³/mol. The second-order valence-corrected chi connectivity index (χ2v) is 31.3. The lowest BCUT2D eigenvalue weighted by Crippen LogP contribution is -2.46. The van der Waals surface area contributed by atoms with Gasteiger partial charge in [0.05, 0.1) is 39.9 Å². The molecule has 0 saturated carbocycles. The topological polar surface area (TPSA) is 105 Å². The highest BCUT2D eigenvalue weighted by molar-refractivity contribution is 7.47. The van der Waals surface area contributed by atoms with Gasteiger partial charge in [0, 0.05) is 6.42 Å². The van der Waals surface area contributed by atoms with Gasteiger partial charge >= 0.3 is 7.82 Å². The number of nitrogens with one attached hydrogen (secondary N) is 1. The van der Waals surface area contributed by atoms with Crippen LogP contribution in [-0.2, 0) is 18.4 Å². The lowest BCUT2D eigenvalue weighted by atomic mass is 10.0. The Bertz CT molecular complexity index is 1660. The number of aliphatic hydroxyl groups is 1. The number of allylic oxidation sites excluding steroid dienone is 8. The fourth-order valence-corrected chi connectivity index (χ4v) is 13.7. The molecule has 0 aliphatic carbocycles. The van der Waals surface area contributed by atoms with Crippen molar-refractivity contribution < 1.29 is 32.9 Å². The smallest absolute Gasteiger partial charge is 0.391 e. The van der Waals surface area contributed by atoms with E-state index in [9.17, 15) is 19.4 Å². The van der Waals surface area contributed by atoms with Crippen LogP contribution in [0.5, 0.6) is 0 Å². The average Bonchev–Trinajstić information content (AvgIpc) is 1.94. The molecule has 0 bridgehead atoms. The molecule has 0 rings (SSSR count). The Hall–Kier alpha value is -1.54. The summed E-state index contributed by atoms with van der Waals surface area (Å²) in [4.78, 5) is 23.6. The Balaban J connectivity index is 3.88. The van der Waals surface area contributed by atoms with Crippen molar-refractivity contribution in [3.63, 3.8) is 0 Å². The summed E-state index contributed by atoms with van der Waals surface area (Å²) in [5.41, 5.74) is 0. The van der Waals surface area contributed by atoms with E-state index in [2.05, 4.69) is 67.8 Å². The van der Waals surface area contributed by atoms with E-state index in [1.165, 1.54) is 340 Å². The predicted octanol–water partition coefficient (Wildman–Crippen LogP) is 27.3. The fraction of sp³-hybridized carbons (Fsp3) is 0.893. The van der Waals surface area contributed by atoms with Crippen molar-refractivity contribution in [3.8, 4) is 0 Å². The maximum Gasteiger partial charge on any atom is 0.472 e. The highest BCUT2D eigenvalue weighted by Gasteiger charge is 2.28. The molecule has 0 aromatic carbocycles. The molecule has 1 amide bonds. The molecule has 3 atom stereocenters. The minimum Gasteiger partial charge on any atom is -0.391 e. The van der Waals surface area contributed by atoms with Crippen LogP contribution >= 0.6 is 7.82 Å². The van der Waals surface area contributed by atoms with Crippen LogP contribution in [0.25, 0.3) is 0 Å². The third kappa shape index (κ3) is 77.7. The van der Waals surface area contributed by atoms with Crippen molar-refractivity contribution in [2.75, 3.05) is 40.9 Å². The second-order valence-electron chi connectivity index (χ2n) is 29.8. The number of nitrogens with zero attached hydrogens (tertiary/aromatic N) is 1. The molecule has 0 aliphatic rings. The zero-order valence-electron chi connectivity index (χ0n) is 63.3. The summed E-state index contributed by atoms with van der Waals surface area (Å²) in [6, 6.07) is -0.761. The van der Waals surface area contributed by atoms with Crippen LogP contribution in [0.3, 0.4) is 0 Å². The lowest BCUT2D eigenvalue weighted by Gasteiger charge is -2.26. The molecule has 8 nitrogen and oxygen atoms in total. The first-order valence-electron chi connectivity index (χ1n) is 41.5. The van der Waals surface area contributed by atoms with Crippen molar-refractivity contribution in [2.24, 2.45) is 0 Å². The first-order chi connectivity index (χ1) is 45.5. The number of unbranched alkanes of at least 4 members (excludes halogenated alkanes) is 57. The number of carbonyl (C=O) groups excluding carboxylic acids is 1. The fourth-order valence-electron chi connectivity index (χ4n) is 13.0. The van der Waals surface area contributed by atoms with Gasteiger partial charge in [0.1, 0.15) is 13.2 Å². The van der Waals surface area contributed by atoms with Crippen molar-refractivity contribution in [1.29, 1.82) is 0 Å². The molecule has 0 heterocycles. The van der Waals surface area contributed by atoms with E-state index in [1.54, 1.807) is 0 Å². The summed E-state index contributed by atoms with van der Waals surface area (Å²) in [5.74, 6) is -0.134. The van der Waals surface area contributed by atoms with Gasteiger partial charge in [-0.05, 0) is 51.4 Å². The summed E-state index contributed by atoms with van der Waals surface area (Å²) >= 11 is 0. The zero-order chi connectivity index (χ0) is 67.6. The molecule has 550 valence electrons. The Morgan fingerprint density at radius 3 is 0.946 bits per heavy atom. The number of hydrogen-bond donors (Lipinski definition) is 3. The average molecular weight is 1330 g/mol. The second kappa shape index (κ2) is 74.7. The molecule has 0 fully saturated rings. The summed E-state index contributed by atoms with van der Waals surface area (Å²) in [6.45, 7) is 4.85. The van der Waals surface area contributed by atoms with Gasteiger partial charge in [0.25, 0.3) is 0 Å². The molecule has 3 N–H and O–H groups in total. The van der Waals surface area contributed by atoms with Gasteiger partial charge in [0.15, 0.2) is 0 Å². The van der Waals surface area contributed by atoms with Crippen molar-refractivity contribution >= 4 is 13.7 Å². The van der Waals surface area contributed by atoms with Crippen LogP contribution < -0.4 is 5.32 Å². The minimum absolute atomic E-state index is 0.0774. The standard InChI is InChI=1S/C84H163N2O6P/c1-6-8-10-12-14-16-18-20-22-24-26-28-30-32-34-36-38-40-41-42-43-44-45-46-48-50-52-54-56-58-60-62-64-66-68-70-72-74-76-78-84(88)85-82(81-92-93(89,90)91-80-79-86(3,4)5)83(87)77-75-73-71-69-67-65-63-61-59-57-55-53-51-49-47-39-37-35-33-31-29-27-25-23-21-19-17-15-13-11-9-7-2/h8,10,14,16,20,22,26,28,82-83,87H,6-7,9,11-13,15,17-19,21,23-25,27,29-81H2,1-5H3,(H-,85,88,89,90)/p+1/b10-8-,16-14-,22-20-,28-26-. The zero-order valence-corrected chi connectivity index (χ0v) is 64.2. The highest BCUT2D eigenvalue weighted by atomic mass is 31.2. The highest BCUT2D eigenvalue weighted by Crippen LogP contribution is 2.43. The molecule has 0 aromatic rings. The van der Waals surface area contributed by atoms with E-state index in [0.717, 1.165) is 64.2 Å². The molecule has 0 radical (unpaired) electrons. The molecule has 9 heteroatoms. The molecule has 0 aliphatic heterocycles. The van der Waals surface area contributed by atoms with E-state index in [0.29, 0.717) is 23.9 Å². The van der Waals surface area contributed by atoms with Crippen LogP contribution in [-0.4, -0.2) is 73.4 Å². The summed E-state index contributed by atoms with van der Waals surface area (Å²) in [5, 5.41) is 14.2. The quantitative estimate of drug-likeness (QED) is 0.0243. The van der Waals surface area contributed by atoms with Gasteiger partial charge in [-0.15, -0.1) is 0 Å². The van der Waals surface area contributed by atoms with Crippen molar-refractivity contribution in [3.05, 3.63) is 48.6 Å². The number of rotatable bonds is 78. The molecular weight excluding hydrogens is 1160 g/mol. The molecular formula is C84H164N2O6P+. The van der Waals surface area contributed by atoms with Crippen LogP contribution in [0.1, 0.15) is 431 Å². The summed E-state index contributed by atoms with van der Waals surface area (Å²) in [7, 11) is 1.64. The van der Waals surface area contributed by atoms with E-state index in [4.69, 9.17) is 9.05 Å². The molecule has 0 aromatic heterocycles. The maximum atomic E-state index is 13.1. The summed E-state index contributed by atoms with van der Waals surface area (Å²) in [6.07, 6.45) is 103. The number of likely N-dealkylation sites (N-methyl/N-ethyl adjacent to an activating group) is 1. The Morgan fingerprint density at radius 2 is 0.645 bits per heavy atom. The first kappa shape index (κ1) is 91.5.